The zero-order valence-electron chi connectivity index (χ0n) is 16.3. The van der Waals surface area contributed by atoms with Crippen molar-refractivity contribution < 1.29 is 9.53 Å². The summed E-state index contributed by atoms with van der Waals surface area (Å²) in [5.74, 6) is 0.379. The molecule has 1 aromatic heterocycles. The Morgan fingerprint density at radius 3 is 2.50 bits per heavy atom. The van der Waals surface area contributed by atoms with Gasteiger partial charge in [-0.2, -0.15) is 10.1 Å². The van der Waals surface area contributed by atoms with Crippen molar-refractivity contribution in [2.24, 2.45) is 0 Å². The minimum Gasteiger partial charge on any atom is -0.497 e. The number of nitrogens with zero attached hydrogens (tertiary/aromatic N) is 3. The molecular formula is C21H22N4O3. The fourth-order valence-corrected chi connectivity index (χ4v) is 2.75. The lowest BCUT2D eigenvalue weighted by molar-refractivity contribution is -0.119. The lowest BCUT2D eigenvalue weighted by atomic mass is 10.1. The van der Waals surface area contributed by atoms with Crippen molar-refractivity contribution in [2.75, 3.05) is 12.4 Å². The van der Waals surface area contributed by atoms with Crippen LogP contribution in [0.5, 0.6) is 5.75 Å². The number of rotatable bonds is 5. The van der Waals surface area contributed by atoms with E-state index in [4.69, 9.17) is 4.74 Å². The van der Waals surface area contributed by atoms with E-state index < -0.39 is 11.7 Å². The number of nitrogens with one attached hydrogen (secondary N) is 1. The molecule has 0 aliphatic heterocycles. The van der Waals surface area contributed by atoms with E-state index in [-0.39, 0.29) is 5.91 Å². The number of ether oxygens (including phenoxy) is 1. The summed E-state index contributed by atoms with van der Waals surface area (Å²) < 4.78 is 6.20. The van der Waals surface area contributed by atoms with Crippen molar-refractivity contribution in [3.05, 3.63) is 70.3 Å². The van der Waals surface area contributed by atoms with Gasteiger partial charge in [0.1, 0.15) is 11.8 Å². The van der Waals surface area contributed by atoms with Gasteiger partial charge in [0.25, 0.3) is 0 Å². The SMILES string of the molecule is COc1ccc(-c2cnn(C(C)C(=O)Nc3cccc(C)c3C)c(=O)n2)cc1. The lowest BCUT2D eigenvalue weighted by Crippen LogP contribution is -2.35. The molecule has 0 aliphatic rings. The molecule has 28 heavy (non-hydrogen) atoms. The van der Waals surface area contributed by atoms with Gasteiger partial charge in [0.2, 0.25) is 5.91 Å². The molecule has 0 fully saturated rings. The second kappa shape index (κ2) is 8.04. The lowest BCUT2D eigenvalue weighted by Gasteiger charge is -2.15. The van der Waals surface area contributed by atoms with Crippen LogP contribution in [0.2, 0.25) is 0 Å². The van der Waals surface area contributed by atoms with Crippen LogP contribution in [0, 0.1) is 13.8 Å². The maximum absolute atomic E-state index is 12.6. The number of hydrogen-bond acceptors (Lipinski definition) is 5. The Kier molecular flexibility index (Phi) is 5.54. The summed E-state index contributed by atoms with van der Waals surface area (Å²) in [4.78, 5) is 29.1. The molecule has 2 aromatic carbocycles. The number of aromatic nitrogens is 3. The van der Waals surface area contributed by atoms with Gasteiger partial charge < -0.3 is 10.1 Å². The van der Waals surface area contributed by atoms with Gasteiger partial charge in [-0.15, -0.1) is 0 Å². The fraction of sp³-hybridized carbons (Fsp3) is 0.238. The highest BCUT2D eigenvalue weighted by atomic mass is 16.5. The molecule has 1 amide bonds. The average Bonchev–Trinajstić information content (AvgIpc) is 2.71. The largest absolute Gasteiger partial charge is 0.497 e. The number of methoxy groups -OCH3 is 1. The monoisotopic (exact) mass is 378 g/mol. The molecule has 0 aliphatic carbocycles. The van der Waals surface area contributed by atoms with Crippen molar-refractivity contribution in [1.82, 2.24) is 14.8 Å². The summed E-state index contributed by atoms with van der Waals surface area (Å²) in [7, 11) is 1.58. The van der Waals surface area contributed by atoms with Crippen molar-refractivity contribution in [3.8, 4) is 17.0 Å². The Labute approximate surface area is 163 Å². The standard InChI is InChI=1S/C21H22N4O3/c1-13-6-5-7-18(14(13)2)23-20(26)15(3)25-21(27)24-19(12-22-25)16-8-10-17(28-4)11-9-16/h5-12,15H,1-4H3,(H,23,26). The van der Waals surface area contributed by atoms with E-state index in [2.05, 4.69) is 15.4 Å². The molecule has 0 saturated heterocycles. The number of anilines is 1. The summed E-state index contributed by atoms with van der Waals surface area (Å²) >= 11 is 0. The first kappa shape index (κ1) is 19.3. The van der Waals surface area contributed by atoms with E-state index in [1.165, 1.54) is 6.20 Å². The van der Waals surface area contributed by atoms with Gasteiger partial charge >= 0.3 is 5.69 Å². The van der Waals surface area contributed by atoms with Crippen LogP contribution in [0.15, 0.2) is 53.5 Å². The molecule has 7 nitrogen and oxygen atoms in total. The second-order valence-corrected chi connectivity index (χ2v) is 6.51. The van der Waals surface area contributed by atoms with Gasteiger partial charge in [-0.3, -0.25) is 4.79 Å². The molecule has 3 aromatic rings. The topological polar surface area (TPSA) is 86.1 Å². The Hall–Kier alpha value is -3.48. The van der Waals surface area contributed by atoms with Crippen LogP contribution in [0.1, 0.15) is 24.1 Å². The van der Waals surface area contributed by atoms with Crippen LogP contribution in [0.25, 0.3) is 11.3 Å². The first-order valence-electron chi connectivity index (χ1n) is 8.88. The molecule has 3 rings (SSSR count). The van der Waals surface area contributed by atoms with Crippen molar-refractivity contribution in [1.29, 1.82) is 0 Å². The molecule has 144 valence electrons. The summed E-state index contributed by atoms with van der Waals surface area (Å²) in [6.45, 7) is 5.52. The summed E-state index contributed by atoms with van der Waals surface area (Å²) in [5.41, 5.74) is 3.36. The molecule has 0 spiro atoms. The van der Waals surface area contributed by atoms with E-state index in [0.717, 1.165) is 21.4 Å². The van der Waals surface area contributed by atoms with Crippen LogP contribution >= 0.6 is 0 Å². The van der Waals surface area contributed by atoms with E-state index in [9.17, 15) is 9.59 Å². The minimum absolute atomic E-state index is 0.331. The number of carbonyl (C=O) groups is 1. The maximum Gasteiger partial charge on any atom is 0.365 e. The van der Waals surface area contributed by atoms with Gasteiger partial charge in [0.05, 0.1) is 19.0 Å². The first-order valence-corrected chi connectivity index (χ1v) is 8.88. The molecular weight excluding hydrogens is 356 g/mol. The van der Waals surface area contributed by atoms with Crippen LogP contribution < -0.4 is 15.7 Å². The zero-order chi connectivity index (χ0) is 20.3. The molecule has 0 bridgehead atoms. The molecule has 0 radical (unpaired) electrons. The molecule has 7 heteroatoms. The third-order valence-electron chi connectivity index (χ3n) is 4.71. The average molecular weight is 378 g/mol. The molecule has 1 atom stereocenters. The van der Waals surface area contributed by atoms with Gasteiger partial charge in [-0.1, -0.05) is 12.1 Å². The minimum atomic E-state index is -0.801. The fourth-order valence-electron chi connectivity index (χ4n) is 2.75. The van der Waals surface area contributed by atoms with Crippen molar-refractivity contribution in [3.63, 3.8) is 0 Å². The molecule has 0 saturated carbocycles. The van der Waals surface area contributed by atoms with Gasteiger partial charge in [-0.05, 0) is 62.2 Å². The predicted molar refractivity (Wildman–Crippen MR) is 108 cm³/mol. The summed E-state index contributed by atoms with van der Waals surface area (Å²) in [6, 6.07) is 12.0. The normalized spacial score (nSPS) is 11.7. The Bertz CT molecular complexity index is 1060. The number of amides is 1. The van der Waals surface area contributed by atoms with Crippen LogP contribution in [0.3, 0.4) is 0 Å². The zero-order valence-corrected chi connectivity index (χ0v) is 16.3. The maximum atomic E-state index is 12.6. The van der Waals surface area contributed by atoms with Gasteiger partial charge in [0.15, 0.2) is 0 Å². The predicted octanol–water partition coefficient (Wildman–Crippen LogP) is 3.13. The van der Waals surface area contributed by atoms with E-state index in [0.29, 0.717) is 17.1 Å². The first-order chi connectivity index (χ1) is 13.4. The van der Waals surface area contributed by atoms with Gasteiger partial charge in [-0.25, -0.2) is 9.48 Å². The third kappa shape index (κ3) is 3.93. The van der Waals surface area contributed by atoms with Crippen LogP contribution in [0.4, 0.5) is 5.69 Å². The highest BCUT2D eigenvalue weighted by Crippen LogP contribution is 2.20. The third-order valence-corrected chi connectivity index (χ3v) is 4.71. The molecule has 1 unspecified atom stereocenters. The highest BCUT2D eigenvalue weighted by Gasteiger charge is 2.19. The number of benzene rings is 2. The Morgan fingerprint density at radius 2 is 1.86 bits per heavy atom. The van der Waals surface area contributed by atoms with Crippen molar-refractivity contribution in [2.45, 2.75) is 26.8 Å². The number of hydrogen-bond donors (Lipinski definition) is 1. The Balaban J connectivity index is 1.81. The smallest absolute Gasteiger partial charge is 0.365 e. The quantitative estimate of drug-likeness (QED) is 0.737. The van der Waals surface area contributed by atoms with Crippen LogP contribution in [-0.2, 0) is 4.79 Å². The molecule has 1 heterocycles. The van der Waals surface area contributed by atoms with E-state index in [1.54, 1.807) is 38.3 Å². The van der Waals surface area contributed by atoms with Gasteiger partial charge in [0, 0.05) is 11.3 Å². The number of carbonyl (C=O) groups excluding carboxylic acids is 1. The summed E-state index contributed by atoms with van der Waals surface area (Å²) in [5, 5.41) is 7.00. The second-order valence-electron chi connectivity index (χ2n) is 6.51. The van der Waals surface area contributed by atoms with E-state index in [1.807, 2.05) is 32.0 Å². The van der Waals surface area contributed by atoms with Crippen molar-refractivity contribution >= 4 is 11.6 Å². The van der Waals surface area contributed by atoms with Crippen LogP contribution in [-0.4, -0.2) is 27.8 Å². The number of aryl methyl sites for hydroxylation is 1. The Morgan fingerprint density at radius 1 is 1.14 bits per heavy atom. The summed E-state index contributed by atoms with van der Waals surface area (Å²) in [6.07, 6.45) is 1.48. The highest BCUT2D eigenvalue weighted by molar-refractivity contribution is 5.94. The molecule has 1 N–H and O–H groups in total. The van der Waals surface area contributed by atoms with E-state index >= 15 is 0 Å².